The van der Waals surface area contributed by atoms with Gasteiger partial charge in [-0.25, -0.2) is 0 Å². The number of nitrogens with one attached hydrogen (secondary N) is 1. The number of benzene rings is 1. The van der Waals surface area contributed by atoms with E-state index in [1.807, 2.05) is 13.8 Å². The smallest absolute Gasteiger partial charge is 0.248 e. The molecule has 1 atom stereocenters. The molecule has 1 amide bonds. The Morgan fingerprint density at radius 2 is 2.35 bits per heavy atom. The highest BCUT2D eigenvalue weighted by Gasteiger charge is 2.28. The van der Waals surface area contributed by atoms with E-state index in [4.69, 9.17) is 15.2 Å². The van der Waals surface area contributed by atoms with Gasteiger partial charge in [-0.1, -0.05) is 0 Å². The Kier molecular flexibility index (Phi) is 4.67. The van der Waals surface area contributed by atoms with Crippen LogP contribution in [0.5, 0.6) is 5.75 Å². The van der Waals surface area contributed by atoms with Crippen LogP contribution in [-0.2, 0) is 4.74 Å². The molecular formula is C14H19BrN2O3. The second-order valence-electron chi connectivity index (χ2n) is 5.45. The third kappa shape index (κ3) is 3.94. The summed E-state index contributed by atoms with van der Waals surface area (Å²) in [4.78, 5) is 11.1. The first kappa shape index (κ1) is 15.3. The lowest BCUT2D eigenvalue weighted by Gasteiger charge is -2.36. The Balaban J connectivity index is 1.95. The van der Waals surface area contributed by atoms with Gasteiger partial charge in [-0.05, 0) is 48.0 Å². The van der Waals surface area contributed by atoms with Gasteiger partial charge in [0, 0.05) is 18.7 Å². The zero-order chi connectivity index (χ0) is 14.8. The van der Waals surface area contributed by atoms with Crippen molar-refractivity contribution in [1.29, 1.82) is 0 Å². The van der Waals surface area contributed by atoms with Crippen molar-refractivity contribution < 1.29 is 14.3 Å². The molecule has 0 aliphatic carbocycles. The van der Waals surface area contributed by atoms with Gasteiger partial charge in [0.1, 0.15) is 18.5 Å². The Morgan fingerprint density at radius 3 is 2.95 bits per heavy atom. The van der Waals surface area contributed by atoms with E-state index < -0.39 is 5.91 Å². The van der Waals surface area contributed by atoms with E-state index in [1.54, 1.807) is 18.2 Å². The zero-order valence-electron chi connectivity index (χ0n) is 11.6. The number of rotatable bonds is 4. The molecule has 20 heavy (non-hydrogen) atoms. The molecule has 1 aromatic carbocycles. The Morgan fingerprint density at radius 1 is 1.60 bits per heavy atom. The van der Waals surface area contributed by atoms with Crippen LogP contribution in [0.4, 0.5) is 0 Å². The minimum atomic E-state index is -0.459. The summed E-state index contributed by atoms with van der Waals surface area (Å²) in [5.74, 6) is 0.209. The van der Waals surface area contributed by atoms with Crippen LogP contribution >= 0.6 is 15.9 Å². The van der Waals surface area contributed by atoms with Crippen molar-refractivity contribution in [2.24, 2.45) is 5.73 Å². The number of carbonyl (C=O) groups excluding carboxylic acids is 1. The van der Waals surface area contributed by atoms with Gasteiger partial charge in [0.2, 0.25) is 5.91 Å². The van der Waals surface area contributed by atoms with Crippen molar-refractivity contribution in [2.75, 3.05) is 19.7 Å². The molecule has 0 radical (unpaired) electrons. The molecule has 0 saturated carbocycles. The third-order valence-corrected chi connectivity index (χ3v) is 3.67. The predicted octanol–water partition coefficient (Wildman–Crippen LogP) is 1.69. The molecule has 5 nitrogen and oxygen atoms in total. The van der Waals surface area contributed by atoms with Gasteiger partial charge in [-0.15, -0.1) is 0 Å². The Bertz CT molecular complexity index is 505. The van der Waals surface area contributed by atoms with Crippen molar-refractivity contribution in [3.8, 4) is 5.75 Å². The number of nitrogens with two attached hydrogens (primary N) is 1. The number of carbonyl (C=O) groups is 1. The summed E-state index contributed by atoms with van der Waals surface area (Å²) in [5, 5.41) is 3.32. The van der Waals surface area contributed by atoms with Crippen molar-refractivity contribution in [1.82, 2.24) is 5.32 Å². The molecule has 3 N–H and O–H groups in total. The largest absolute Gasteiger partial charge is 0.490 e. The molecule has 1 heterocycles. The Labute approximate surface area is 126 Å². The molecule has 1 aliphatic rings. The summed E-state index contributed by atoms with van der Waals surface area (Å²) in [6.07, 6.45) is 0.00136. The van der Waals surface area contributed by atoms with Crippen LogP contribution < -0.4 is 15.8 Å². The van der Waals surface area contributed by atoms with E-state index >= 15 is 0 Å². The van der Waals surface area contributed by atoms with Crippen LogP contribution in [0.15, 0.2) is 22.7 Å². The Hall–Kier alpha value is -1.11. The standard InChI is InChI=1S/C14H19BrN2O3/c1-14(2)8-17-6-10(20-14)7-19-12-4-3-9(13(16)18)5-11(12)15/h3-5,10,17H,6-8H2,1-2H3,(H2,16,18). The molecule has 6 heteroatoms. The fourth-order valence-corrected chi connectivity index (χ4v) is 2.61. The van der Waals surface area contributed by atoms with Crippen LogP contribution in [0.2, 0.25) is 0 Å². The van der Waals surface area contributed by atoms with Gasteiger partial charge in [0.25, 0.3) is 0 Å². The summed E-state index contributed by atoms with van der Waals surface area (Å²) in [5.41, 5.74) is 5.49. The average molecular weight is 343 g/mol. The van der Waals surface area contributed by atoms with Gasteiger partial charge in [0.05, 0.1) is 10.1 Å². The topological polar surface area (TPSA) is 73.6 Å². The van der Waals surface area contributed by atoms with Crippen LogP contribution in [0.25, 0.3) is 0 Å². The molecule has 1 saturated heterocycles. The van der Waals surface area contributed by atoms with Crippen molar-refractivity contribution in [3.63, 3.8) is 0 Å². The predicted molar refractivity (Wildman–Crippen MR) is 80.0 cm³/mol. The molecule has 0 spiro atoms. The van der Waals surface area contributed by atoms with Gasteiger partial charge in [0.15, 0.2) is 0 Å². The second-order valence-corrected chi connectivity index (χ2v) is 6.31. The van der Waals surface area contributed by atoms with E-state index in [9.17, 15) is 4.79 Å². The number of amides is 1. The minimum absolute atomic E-state index is 0.00136. The van der Waals surface area contributed by atoms with E-state index in [0.29, 0.717) is 22.4 Å². The number of morpholine rings is 1. The van der Waals surface area contributed by atoms with Gasteiger partial charge < -0.3 is 20.5 Å². The van der Waals surface area contributed by atoms with Crippen molar-refractivity contribution >= 4 is 21.8 Å². The average Bonchev–Trinajstić information content (AvgIpc) is 2.36. The lowest BCUT2D eigenvalue weighted by molar-refractivity contribution is -0.107. The zero-order valence-corrected chi connectivity index (χ0v) is 13.2. The van der Waals surface area contributed by atoms with Crippen LogP contribution in [0.1, 0.15) is 24.2 Å². The van der Waals surface area contributed by atoms with Crippen molar-refractivity contribution in [2.45, 2.75) is 25.6 Å². The number of halogens is 1. The monoisotopic (exact) mass is 342 g/mol. The maximum absolute atomic E-state index is 11.1. The molecule has 110 valence electrons. The lowest BCUT2D eigenvalue weighted by Crippen LogP contribution is -2.52. The van der Waals surface area contributed by atoms with Gasteiger partial charge in [-0.2, -0.15) is 0 Å². The molecule has 1 unspecified atom stereocenters. The summed E-state index contributed by atoms with van der Waals surface area (Å²) in [6, 6.07) is 5.03. The molecule has 0 aromatic heterocycles. The van der Waals surface area contributed by atoms with Crippen molar-refractivity contribution in [3.05, 3.63) is 28.2 Å². The molecule has 2 rings (SSSR count). The molecule has 1 aromatic rings. The van der Waals surface area contributed by atoms with Gasteiger partial charge in [-0.3, -0.25) is 4.79 Å². The van der Waals surface area contributed by atoms with E-state index in [0.717, 1.165) is 13.1 Å². The SMILES string of the molecule is CC1(C)CNCC(COc2ccc(C(N)=O)cc2Br)O1. The highest BCUT2D eigenvalue weighted by molar-refractivity contribution is 9.10. The van der Waals surface area contributed by atoms with Crippen LogP contribution in [0, 0.1) is 0 Å². The number of primary amides is 1. The number of ether oxygens (including phenoxy) is 2. The summed E-state index contributed by atoms with van der Waals surface area (Å²) in [6.45, 7) is 6.14. The summed E-state index contributed by atoms with van der Waals surface area (Å²) >= 11 is 3.37. The van der Waals surface area contributed by atoms with Crippen LogP contribution in [0.3, 0.4) is 0 Å². The fourth-order valence-electron chi connectivity index (χ4n) is 2.12. The normalized spacial score (nSPS) is 21.4. The maximum atomic E-state index is 11.1. The van der Waals surface area contributed by atoms with E-state index in [-0.39, 0.29) is 11.7 Å². The number of hydrogen-bond donors (Lipinski definition) is 2. The lowest BCUT2D eigenvalue weighted by atomic mass is 10.1. The minimum Gasteiger partial charge on any atom is -0.490 e. The third-order valence-electron chi connectivity index (χ3n) is 3.05. The molecule has 1 fully saturated rings. The maximum Gasteiger partial charge on any atom is 0.248 e. The quantitative estimate of drug-likeness (QED) is 0.873. The van der Waals surface area contributed by atoms with Gasteiger partial charge >= 0.3 is 0 Å². The molecule has 0 bridgehead atoms. The summed E-state index contributed by atoms with van der Waals surface area (Å²) in [7, 11) is 0. The first-order valence-electron chi connectivity index (χ1n) is 6.48. The van der Waals surface area contributed by atoms with E-state index in [1.165, 1.54) is 0 Å². The molecule has 1 aliphatic heterocycles. The fraction of sp³-hybridized carbons (Fsp3) is 0.500. The van der Waals surface area contributed by atoms with Crippen LogP contribution in [-0.4, -0.2) is 37.3 Å². The molecular weight excluding hydrogens is 324 g/mol. The number of hydrogen-bond acceptors (Lipinski definition) is 4. The second kappa shape index (κ2) is 6.11. The first-order valence-corrected chi connectivity index (χ1v) is 7.27. The first-order chi connectivity index (χ1) is 9.37. The van der Waals surface area contributed by atoms with E-state index in [2.05, 4.69) is 21.2 Å². The summed E-state index contributed by atoms with van der Waals surface area (Å²) < 4.78 is 12.4. The highest BCUT2D eigenvalue weighted by Crippen LogP contribution is 2.26. The highest BCUT2D eigenvalue weighted by atomic mass is 79.9.